The highest BCUT2D eigenvalue weighted by molar-refractivity contribution is 5.78. The predicted octanol–water partition coefficient (Wildman–Crippen LogP) is 0.837. The Labute approximate surface area is 119 Å². The summed E-state index contributed by atoms with van der Waals surface area (Å²) in [5, 5.41) is 16.6. The van der Waals surface area contributed by atoms with Gasteiger partial charge in [-0.2, -0.15) is 5.10 Å². The van der Waals surface area contributed by atoms with Crippen LogP contribution < -0.4 is 10.1 Å². The second-order valence-corrected chi connectivity index (χ2v) is 5.61. The Kier molecular flexibility index (Phi) is 4.32. The molecule has 0 saturated heterocycles. The summed E-state index contributed by atoms with van der Waals surface area (Å²) in [5.41, 5.74) is 1.23. The van der Waals surface area contributed by atoms with Gasteiger partial charge in [-0.25, -0.2) is 0 Å². The van der Waals surface area contributed by atoms with Gasteiger partial charge in [-0.05, 0) is 26.7 Å². The number of ether oxygens (including phenoxy) is 1. The number of nitrogens with zero attached hydrogens (tertiary/aromatic N) is 2. The number of hydrogen-bond acceptors (Lipinski definition) is 4. The van der Waals surface area contributed by atoms with Crippen LogP contribution in [0.2, 0.25) is 0 Å². The zero-order valence-electron chi connectivity index (χ0n) is 12.4. The van der Waals surface area contributed by atoms with Crippen LogP contribution >= 0.6 is 0 Å². The first-order valence-corrected chi connectivity index (χ1v) is 7.02. The Morgan fingerprint density at radius 3 is 2.60 bits per heavy atom. The average molecular weight is 281 g/mol. The molecule has 0 unspecified atom stereocenters. The van der Waals surface area contributed by atoms with Crippen molar-refractivity contribution in [2.45, 2.75) is 45.1 Å². The molecule has 112 valence electrons. The summed E-state index contributed by atoms with van der Waals surface area (Å²) in [6.45, 7) is 3.70. The third-order valence-corrected chi connectivity index (χ3v) is 4.06. The van der Waals surface area contributed by atoms with Gasteiger partial charge >= 0.3 is 0 Å². The number of carbonyl (C=O) groups is 1. The minimum absolute atomic E-state index is 0.0102. The molecule has 6 heteroatoms. The van der Waals surface area contributed by atoms with Gasteiger partial charge in [-0.1, -0.05) is 12.8 Å². The highest BCUT2D eigenvalue weighted by atomic mass is 16.5. The Hall–Kier alpha value is -1.56. The molecule has 0 radical (unpaired) electrons. The Morgan fingerprint density at radius 1 is 1.45 bits per heavy atom. The maximum Gasteiger partial charge on any atom is 0.258 e. The summed E-state index contributed by atoms with van der Waals surface area (Å²) in [6, 6.07) is 0. The van der Waals surface area contributed by atoms with Crippen LogP contribution in [-0.2, 0) is 11.8 Å². The van der Waals surface area contributed by atoms with E-state index in [9.17, 15) is 9.90 Å². The Morgan fingerprint density at radius 2 is 2.10 bits per heavy atom. The fourth-order valence-electron chi connectivity index (χ4n) is 2.81. The van der Waals surface area contributed by atoms with Crippen molar-refractivity contribution in [2.75, 3.05) is 13.2 Å². The minimum atomic E-state index is -0.445. The maximum atomic E-state index is 12.0. The summed E-state index contributed by atoms with van der Waals surface area (Å²) in [4.78, 5) is 12.0. The van der Waals surface area contributed by atoms with Crippen molar-refractivity contribution >= 4 is 5.91 Å². The van der Waals surface area contributed by atoms with Crippen LogP contribution in [0.15, 0.2) is 0 Å². The summed E-state index contributed by atoms with van der Waals surface area (Å²) >= 11 is 0. The van der Waals surface area contributed by atoms with E-state index in [1.807, 2.05) is 20.9 Å². The van der Waals surface area contributed by atoms with E-state index >= 15 is 0 Å². The van der Waals surface area contributed by atoms with Crippen LogP contribution in [0.1, 0.15) is 37.1 Å². The van der Waals surface area contributed by atoms with Gasteiger partial charge in [0.25, 0.3) is 5.91 Å². The first-order valence-electron chi connectivity index (χ1n) is 7.02. The van der Waals surface area contributed by atoms with Crippen LogP contribution in [0.5, 0.6) is 5.75 Å². The first-order chi connectivity index (χ1) is 9.47. The molecule has 1 aliphatic rings. The zero-order chi connectivity index (χ0) is 14.8. The summed E-state index contributed by atoms with van der Waals surface area (Å²) in [5.74, 6) is 0.468. The fourth-order valence-corrected chi connectivity index (χ4v) is 2.81. The molecule has 2 rings (SSSR count). The van der Waals surface area contributed by atoms with E-state index in [-0.39, 0.29) is 19.1 Å². The van der Waals surface area contributed by atoms with Gasteiger partial charge in [-0.15, -0.1) is 0 Å². The lowest BCUT2D eigenvalue weighted by atomic mass is 9.99. The van der Waals surface area contributed by atoms with Crippen LogP contribution in [0.4, 0.5) is 0 Å². The fraction of sp³-hybridized carbons (Fsp3) is 0.714. The molecule has 0 aliphatic heterocycles. The third kappa shape index (κ3) is 2.95. The van der Waals surface area contributed by atoms with Crippen molar-refractivity contribution in [3.8, 4) is 5.75 Å². The van der Waals surface area contributed by atoms with Gasteiger partial charge in [0.2, 0.25) is 0 Å². The van der Waals surface area contributed by atoms with Crippen LogP contribution in [0, 0.1) is 13.8 Å². The van der Waals surface area contributed by atoms with Gasteiger partial charge < -0.3 is 15.2 Å². The smallest absolute Gasteiger partial charge is 0.258 e. The van der Waals surface area contributed by atoms with E-state index in [4.69, 9.17) is 4.74 Å². The molecule has 20 heavy (non-hydrogen) atoms. The van der Waals surface area contributed by atoms with Crippen molar-refractivity contribution in [2.24, 2.45) is 7.05 Å². The first kappa shape index (κ1) is 14.8. The zero-order valence-corrected chi connectivity index (χ0v) is 12.4. The Bertz CT molecular complexity index is 490. The van der Waals surface area contributed by atoms with Crippen LogP contribution in [0.25, 0.3) is 0 Å². The van der Waals surface area contributed by atoms with E-state index in [0.717, 1.165) is 37.1 Å². The predicted molar refractivity (Wildman–Crippen MR) is 74.6 cm³/mol. The molecule has 0 atom stereocenters. The molecule has 6 nitrogen and oxygen atoms in total. The van der Waals surface area contributed by atoms with Crippen molar-refractivity contribution in [1.29, 1.82) is 0 Å². The highest BCUT2D eigenvalue weighted by Gasteiger charge is 2.34. The molecule has 0 aromatic carbocycles. The van der Waals surface area contributed by atoms with Crippen molar-refractivity contribution in [3.63, 3.8) is 0 Å². The summed E-state index contributed by atoms with van der Waals surface area (Å²) < 4.78 is 7.30. The lowest BCUT2D eigenvalue weighted by molar-refractivity contribution is -0.125. The van der Waals surface area contributed by atoms with Crippen molar-refractivity contribution in [1.82, 2.24) is 15.1 Å². The van der Waals surface area contributed by atoms with Crippen LogP contribution in [0.3, 0.4) is 0 Å². The van der Waals surface area contributed by atoms with Gasteiger partial charge in [0.05, 0.1) is 17.8 Å². The standard InChI is InChI=1S/C14H23N3O3/c1-10-13(11(2)17(3)16-10)20-8-12(19)15-14(9-18)6-4-5-7-14/h18H,4-9H2,1-3H3,(H,15,19). The van der Waals surface area contributed by atoms with Gasteiger partial charge in [-0.3, -0.25) is 9.48 Å². The lowest BCUT2D eigenvalue weighted by Gasteiger charge is -2.27. The maximum absolute atomic E-state index is 12.0. The molecule has 1 heterocycles. The summed E-state index contributed by atoms with van der Waals surface area (Å²) in [6.07, 6.45) is 3.76. The molecule has 0 bridgehead atoms. The normalized spacial score (nSPS) is 17.2. The quantitative estimate of drug-likeness (QED) is 0.838. The molecular formula is C14H23N3O3. The second-order valence-electron chi connectivity index (χ2n) is 5.61. The van der Waals surface area contributed by atoms with E-state index < -0.39 is 5.54 Å². The third-order valence-electron chi connectivity index (χ3n) is 4.06. The van der Waals surface area contributed by atoms with Gasteiger partial charge in [0.15, 0.2) is 12.4 Å². The molecular weight excluding hydrogens is 258 g/mol. The number of amides is 1. The molecule has 1 aliphatic carbocycles. The second kappa shape index (κ2) is 5.83. The molecule has 1 amide bonds. The molecule has 1 saturated carbocycles. The monoisotopic (exact) mass is 281 g/mol. The van der Waals surface area contributed by atoms with Gasteiger partial charge in [0, 0.05) is 7.05 Å². The number of hydrogen-bond donors (Lipinski definition) is 2. The van der Waals surface area contributed by atoms with E-state index in [1.54, 1.807) is 4.68 Å². The number of nitrogens with one attached hydrogen (secondary N) is 1. The molecule has 2 N–H and O–H groups in total. The van der Waals surface area contributed by atoms with E-state index in [0.29, 0.717) is 5.75 Å². The summed E-state index contributed by atoms with van der Waals surface area (Å²) in [7, 11) is 1.84. The molecule has 1 aromatic heterocycles. The minimum Gasteiger partial charge on any atom is -0.480 e. The molecule has 0 spiro atoms. The number of aliphatic hydroxyl groups excluding tert-OH is 1. The molecule has 1 aromatic rings. The van der Waals surface area contributed by atoms with Gasteiger partial charge in [0.1, 0.15) is 5.69 Å². The van der Waals surface area contributed by atoms with Crippen molar-refractivity contribution in [3.05, 3.63) is 11.4 Å². The van der Waals surface area contributed by atoms with E-state index in [2.05, 4.69) is 10.4 Å². The number of aromatic nitrogens is 2. The number of aliphatic hydroxyl groups is 1. The molecule has 1 fully saturated rings. The Balaban J connectivity index is 1.92. The largest absolute Gasteiger partial charge is 0.480 e. The SMILES string of the molecule is Cc1nn(C)c(C)c1OCC(=O)NC1(CO)CCCC1. The highest BCUT2D eigenvalue weighted by Crippen LogP contribution is 2.29. The lowest BCUT2D eigenvalue weighted by Crippen LogP contribution is -2.50. The number of aryl methyl sites for hydroxylation is 2. The van der Waals surface area contributed by atoms with Crippen molar-refractivity contribution < 1.29 is 14.6 Å². The number of carbonyl (C=O) groups excluding carboxylic acids is 1. The number of rotatable bonds is 5. The average Bonchev–Trinajstić information content (AvgIpc) is 2.95. The van der Waals surface area contributed by atoms with E-state index in [1.165, 1.54) is 0 Å². The topological polar surface area (TPSA) is 76.4 Å². The van der Waals surface area contributed by atoms with Crippen LogP contribution in [-0.4, -0.2) is 39.5 Å².